The van der Waals surface area contributed by atoms with Crippen molar-refractivity contribution in [3.05, 3.63) is 72.8 Å². The van der Waals surface area contributed by atoms with Crippen LogP contribution < -0.4 is 10.1 Å². The molecule has 0 aliphatic rings. The Morgan fingerprint density at radius 3 is 2.30 bits per heavy atom. The molecule has 0 aromatic heterocycles. The van der Waals surface area contributed by atoms with Crippen LogP contribution in [0.1, 0.15) is 0 Å². The van der Waals surface area contributed by atoms with E-state index in [1.165, 1.54) is 5.39 Å². The van der Waals surface area contributed by atoms with Crippen molar-refractivity contribution >= 4 is 33.9 Å². The third-order valence-electron chi connectivity index (χ3n) is 2.95. The van der Waals surface area contributed by atoms with Crippen LogP contribution >= 0.6 is 12.2 Å². The van der Waals surface area contributed by atoms with Crippen molar-refractivity contribution < 1.29 is 4.74 Å². The highest BCUT2D eigenvalue weighted by molar-refractivity contribution is 7.80. The fourth-order valence-electron chi connectivity index (χ4n) is 2.00. The average molecular weight is 279 g/mol. The maximum atomic E-state index is 5.65. The SMILES string of the molecule is S=C(Nc1ccccc1)Oc1ccc2ccccc2c1. The summed E-state index contributed by atoms with van der Waals surface area (Å²) in [5, 5.41) is 5.70. The van der Waals surface area contributed by atoms with Crippen LogP contribution in [0.3, 0.4) is 0 Å². The van der Waals surface area contributed by atoms with Crippen molar-refractivity contribution in [1.82, 2.24) is 0 Å². The van der Waals surface area contributed by atoms with Gasteiger partial charge in [0.15, 0.2) is 0 Å². The summed E-state index contributed by atoms with van der Waals surface area (Å²) < 4.78 is 5.65. The van der Waals surface area contributed by atoms with E-state index in [1.807, 2.05) is 60.7 Å². The maximum Gasteiger partial charge on any atom is 0.266 e. The number of benzene rings is 3. The predicted molar refractivity (Wildman–Crippen MR) is 87.2 cm³/mol. The molecule has 3 aromatic carbocycles. The Bertz CT molecular complexity index is 740. The van der Waals surface area contributed by atoms with Crippen LogP contribution in [0.15, 0.2) is 72.8 Å². The number of fused-ring (bicyclic) bond motifs is 1. The molecule has 0 fully saturated rings. The van der Waals surface area contributed by atoms with E-state index in [0.717, 1.165) is 16.8 Å². The summed E-state index contributed by atoms with van der Waals surface area (Å²) >= 11 is 5.21. The molecule has 0 saturated carbocycles. The molecule has 2 nitrogen and oxygen atoms in total. The zero-order chi connectivity index (χ0) is 13.8. The van der Waals surface area contributed by atoms with Crippen molar-refractivity contribution in [3.8, 4) is 5.75 Å². The van der Waals surface area contributed by atoms with Crippen LogP contribution in [0, 0.1) is 0 Å². The van der Waals surface area contributed by atoms with E-state index in [0.29, 0.717) is 5.17 Å². The molecule has 0 saturated heterocycles. The standard InChI is InChI=1S/C17H13NOS/c20-17(18-15-8-2-1-3-9-15)19-16-11-10-13-6-4-5-7-14(13)12-16/h1-12H,(H,18,20). The van der Waals surface area contributed by atoms with E-state index in [-0.39, 0.29) is 0 Å². The van der Waals surface area contributed by atoms with E-state index in [4.69, 9.17) is 17.0 Å². The number of rotatable bonds is 2. The third kappa shape index (κ3) is 2.95. The minimum Gasteiger partial charge on any atom is -0.432 e. The molecule has 3 aromatic rings. The smallest absolute Gasteiger partial charge is 0.266 e. The molecule has 0 heterocycles. The molecule has 0 amide bonds. The first-order chi connectivity index (χ1) is 9.81. The number of nitrogens with one attached hydrogen (secondary N) is 1. The first-order valence-electron chi connectivity index (χ1n) is 6.34. The molecule has 1 N–H and O–H groups in total. The first-order valence-corrected chi connectivity index (χ1v) is 6.75. The quantitative estimate of drug-likeness (QED) is 0.692. The summed E-state index contributed by atoms with van der Waals surface area (Å²) in [7, 11) is 0. The van der Waals surface area contributed by atoms with Crippen molar-refractivity contribution in [3.63, 3.8) is 0 Å². The Balaban J connectivity index is 1.74. The first kappa shape index (κ1) is 12.6. The Morgan fingerprint density at radius 1 is 0.800 bits per heavy atom. The largest absolute Gasteiger partial charge is 0.432 e. The summed E-state index contributed by atoms with van der Waals surface area (Å²) in [6.07, 6.45) is 0. The average Bonchev–Trinajstić information content (AvgIpc) is 2.48. The van der Waals surface area contributed by atoms with Gasteiger partial charge in [-0.1, -0.05) is 48.5 Å². The van der Waals surface area contributed by atoms with Gasteiger partial charge in [-0.05, 0) is 47.3 Å². The molecule has 0 atom stereocenters. The molecule has 3 rings (SSSR count). The van der Waals surface area contributed by atoms with E-state index >= 15 is 0 Å². The minimum atomic E-state index is 0.339. The highest BCUT2D eigenvalue weighted by Gasteiger charge is 2.02. The van der Waals surface area contributed by atoms with E-state index < -0.39 is 0 Å². The molecule has 3 heteroatoms. The van der Waals surface area contributed by atoms with Crippen LogP contribution in [-0.2, 0) is 0 Å². The van der Waals surface area contributed by atoms with Gasteiger partial charge in [0.25, 0.3) is 5.17 Å². The molecule has 0 aliphatic heterocycles. The Labute approximate surface area is 123 Å². The summed E-state index contributed by atoms with van der Waals surface area (Å²) in [4.78, 5) is 0. The molecule has 0 unspecified atom stereocenters. The van der Waals surface area contributed by atoms with Gasteiger partial charge >= 0.3 is 0 Å². The van der Waals surface area contributed by atoms with E-state index in [2.05, 4.69) is 17.4 Å². The zero-order valence-electron chi connectivity index (χ0n) is 10.7. The Kier molecular flexibility index (Phi) is 3.61. The number of thiocarbonyl (C=S) groups is 1. The van der Waals surface area contributed by atoms with Crippen LogP contribution in [0.25, 0.3) is 10.8 Å². The number of anilines is 1. The van der Waals surface area contributed by atoms with Gasteiger partial charge in [0, 0.05) is 5.69 Å². The summed E-state index contributed by atoms with van der Waals surface area (Å²) in [6.45, 7) is 0. The van der Waals surface area contributed by atoms with Gasteiger partial charge in [0.1, 0.15) is 5.75 Å². The highest BCUT2D eigenvalue weighted by Crippen LogP contribution is 2.21. The summed E-state index contributed by atoms with van der Waals surface area (Å²) in [6, 6.07) is 23.8. The van der Waals surface area contributed by atoms with E-state index in [9.17, 15) is 0 Å². The number of ether oxygens (including phenoxy) is 1. The second-order valence-corrected chi connectivity index (χ2v) is 4.76. The van der Waals surface area contributed by atoms with Crippen LogP contribution in [-0.4, -0.2) is 5.17 Å². The lowest BCUT2D eigenvalue weighted by atomic mass is 10.1. The molecule has 0 spiro atoms. The second-order valence-electron chi connectivity index (χ2n) is 4.39. The van der Waals surface area contributed by atoms with E-state index in [1.54, 1.807) is 0 Å². The third-order valence-corrected chi connectivity index (χ3v) is 3.14. The molecule has 0 radical (unpaired) electrons. The van der Waals surface area contributed by atoms with Gasteiger partial charge in [-0.25, -0.2) is 0 Å². The zero-order valence-corrected chi connectivity index (χ0v) is 11.6. The molecular weight excluding hydrogens is 266 g/mol. The van der Waals surface area contributed by atoms with Gasteiger partial charge < -0.3 is 10.1 Å². The monoisotopic (exact) mass is 279 g/mol. The molecule has 98 valence electrons. The maximum absolute atomic E-state index is 5.65. The summed E-state index contributed by atoms with van der Waals surface area (Å²) in [5.41, 5.74) is 0.915. The molecule has 20 heavy (non-hydrogen) atoms. The highest BCUT2D eigenvalue weighted by atomic mass is 32.1. The van der Waals surface area contributed by atoms with Crippen molar-refractivity contribution in [2.24, 2.45) is 0 Å². The minimum absolute atomic E-state index is 0.339. The van der Waals surface area contributed by atoms with Gasteiger partial charge in [-0.2, -0.15) is 0 Å². The number of para-hydroxylation sites is 1. The van der Waals surface area contributed by atoms with Crippen molar-refractivity contribution in [2.45, 2.75) is 0 Å². The Hall–Kier alpha value is -2.39. The van der Waals surface area contributed by atoms with Gasteiger partial charge in [-0.3, -0.25) is 0 Å². The molecular formula is C17H13NOS. The van der Waals surface area contributed by atoms with Gasteiger partial charge in [-0.15, -0.1) is 0 Å². The molecule has 0 bridgehead atoms. The second kappa shape index (κ2) is 5.72. The van der Waals surface area contributed by atoms with Gasteiger partial charge in [0.05, 0.1) is 0 Å². The van der Waals surface area contributed by atoms with Crippen molar-refractivity contribution in [2.75, 3.05) is 5.32 Å². The van der Waals surface area contributed by atoms with Gasteiger partial charge in [0.2, 0.25) is 0 Å². The van der Waals surface area contributed by atoms with Crippen LogP contribution in [0.5, 0.6) is 5.75 Å². The van der Waals surface area contributed by atoms with Crippen LogP contribution in [0.2, 0.25) is 0 Å². The number of hydrogen-bond donors (Lipinski definition) is 1. The summed E-state index contributed by atoms with van der Waals surface area (Å²) in [5.74, 6) is 0.733. The fraction of sp³-hybridized carbons (Fsp3) is 0. The van der Waals surface area contributed by atoms with Crippen molar-refractivity contribution in [1.29, 1.82) is 0 Å². The molecule has 0 aliphatic carbocycles. The lowest BCUT2D eigenvalue weighted by Crippen LogP contribution is -2.16. The topological polar surface area (TPSA) is 21.3 Å². The predicted octanol–water partition coefficient (Wildman–Crippen LogP) is 4.62. The fourth-order valence-corrected chi connectivity index (χ4v) is 2.22. The normalized spacial score (nSPS) is 10.2. The number of hydrogen-bond acceptors (Lipinski definition) is 2. The lowest BCUT2D eigenvalue weighted by molar-refractivity contribution is 0.564. The van der Waals surface area contributed by atoms with Crippen LogP contribution in [0.4, 0.5) is 5.69 Å². The lowest BCUT2D eigenvalue weighted by Gasteiger charge is -2.10. The Morgan fingerprint density at radius 2 is 1.50 bits per heavy atom.